The van der Waals surface area contributed by atoms with Gasteiger partial charge in [-0.15, -0.1) is 0 Å². The molecular formula is C16H26N3O3+. The Hall–Kier alpha value is -2.08. The van der Waals surface area contributed by atoms with Crippen molar-refractivity contribution in [2.45, 2.75) is 20.4 Å². The highest BCUT2D eigenvalue weighted by Crippen LogP contribution is 2.11. The first-order valence-electron chi connectivity index (χ1n) is 7.61. The summed E-state index contributed by atoms with van der Waals surface area (Å²) >= 11 is 0. The molecule has 122 valence electrons. The lowest BCUT2D eigenvalue weighted by atomic mass is 10.2. The van der Waals surface area contributed by atoms with Crippen LogP contribution in [0.5, 0.6) is 5.75 Å². The molecule has 0 aliphatic carbocycles. The van der Waals surface area contributed by atoms with Crippen LogP contribution in [0.2, 0.25) is 0 Å². The number of likely N-dealkylation sites (N-methyl/N-ethyl adjacent to an activating group) is 2. The predicted molar refractivity (Wildman–Crippen MR) is 84.8 cm³/mol. The zero-order valence-electron chi connectivity index (χ0n) is 13.6. The molecule has 0 saturated carbocycles. The van der Waals surface area contributed by atoms with Crippen molar-refractivity contribution in [3.63, 3.8) is 0 Å². The number of quaternary nitrogens is 1. The van der Waals surface area contributed by atoms with E-state index < -0.39 is 0 Å². The van der Waals surface area contributed by atoms with Crippen LogP contribution in [-0.2, 0) is 16.1 Å². The first kappa shape index (κ1) is 18.0. The topological polar surface area (TPSA) is 71.9 Å². The zero-order chi connectivity index (χ0) is 16.4. The molecule has 1 unspecified atom stereocenters. The molecule has 0 aliphatic heterocycles. The molecule has 6 heteroatoms. The molecule has 2 amide bonds. The molecular weight excluding hydrogens is 282 g/mol. The van der Waals surface area contributed by atoms with Crippen molar-refractivity contribution in [1.82, 2.24) is 10.6 Å². The Balaban J connectivity index is 2.34. The minimum Gasteiger partial charge on any atom is -0.494 e. The standard InChI is InChI=1S/C16H25N3O3/c1-4-17-15(20)10-18-16(21)12-19(3)11-13-6-8-14(9-7-13)22-5-2/h6-9H,4-5,10-12H2,1-3H3,(H,17,20)(H,18,21)/p+1. The molecule has 1 aromatic carbocycles. The second-order valence-corrected chi connectivity index (χ2v) is 5.12. The molecule has 1 aromatic rings. The number of nitrogens with one attached hydrogen (secondary N) is 3. The molecule has 3 N–H and O–H groups in total. The maximum atomic E-state index is 11.8. The molecule has 0 radical (unpaired) electrons. The van der Waals surface area contributed by atoms with Gasteiger partial charge in [0.2, 0.25) is 5.91 Å². The van der Waals surface area contributed by atoms with E-state index in [2.05, 4.69) is 10.6 Å². The maximum absolute atomic E-state index is 11.8. The summed E-state index contributed by atoms with van der Waals surface area (Å²) < 4.78 is 5.40. The van der Waals surface area contributed by atoms with Crippen molar-refractivity contribution in [2.75, 3.05) is 33.3 Å². The van der Waals surface area contributed by atoms with E-state index in [9.17, 15) is 9.59 Å². The molecule has 0 aliphatic rings. The van der Waals surface area contributed by atoms with Crippen LogP contribution in [0.1, 0.15) is 19.4 Å². The summed E-state index contributed by atoms with van der Waals surface area (Å²) in [5.41, 5.74) is 1.14. The van der Waals surface area contributed by atoms with Crippen molar-refractivity contribution in [3.8, 4) is 5.75 Å². The summed E-state index contributed by atoms with van der Waals surface area (Å²) in [5, 5.41) is 5.26. The molecule has 22 heavy (non-hydrogen) atoms. The molecule has 1 atom stereocenters. The van der Waals surface area contributed by atoms with Gasteiger partial charge in [-0.2, -0.15) is 0 Å². The first-order valence-corrected chi connectivity index (χ1v) is 7.61. The van der Waals surface area contributed by atoms with Crippen molar-refractivity contribution in [3.05, 3.63) is 29.8 Å². The van der Waals surface area contributed by atoms with Gasteiger partial charge in [-0.05, 0) is 38.1 Å². The van der Waals surface area contributed by atoms with Crippen LogP contribution in [-0.4, -0.2) is 45.1 Å². The van der Waals surface area contributed by atoms with Gasteiger partial charge < -0.3 is 20.3 Å². The SMILES string of the molecule is CCNC(=O)CNC(=O)C[NH+](C)Cc1ccc(OCC)cc1. The van der Waals surface area contributed by atoms with Crippen molar-refractivity contribution < 1.29 is 19.2 Å². The zero-order valence-corrected chi connectivity index (χ0v) is 13.6. The van der Waals surface area contributed by atoms with Crippen LogP contribution in [0.3, 0.4) is 0 Å². The normalized spacial score (nSPS) is 11.6. The minimum absolute atomic E-state index is 0.0308. The number of rotatable bonds is 9. The van der Waals surface area contributed by atoms with Gasteiger partial charge in [0.15, 0.2) is 6.54 Å². The summed E-state index contributed by atoms with van der Waals surface area (Å²) in [5.74, 6) is 0.554. The highest BCUT2D eigenvalue weighted by Gasteiger charge is 2.11. The first-order chi connectivity index (χ1) is 10.5. The van der Waals surface area contributed by atoms with Gasteiger partial charge >= 0.3 is 0 Å². The highest BCUT2D eigenvalue weighted by atomic mass is 16.5. The predicted octanol–water partition coefficient (Wildman–Crippen LogP) is -0.648. The summed E-state index contributed by atoms with van der Waals surface area (Å²) in [6.45, 7) is 6.10. The van der Waals surface area contributed by atoms with Gasteiger partial charge in [0.25, 0.3) is 5.91 Å². The second-order valence-electron chi connectivity index (χ2n) is 5.12. The van der Waals surface area contributed by atoms with E-state index in [0.717, 1.165) is 22.8 Å². The van der Waals surface area contributed by atoms with Gasteiger partial charge in [-0.25, -0.2) is 0 Å². The maximum Gasteiger partial charge on any atom is 0.275 e. The van der Waals surface area contributed by atoms with Crippen LogP contribution in [0.25, 0.3) is 0 Å². The lowest BCUT2D eigenvalue weighted by molar-refractivity contribution is -0.885. The third kappa shape index (κ3) is 7.08. The Morgan fingerprint density at radius 3 is 2.36 bits per heavy atom. The van der Waals surface area contributed by atoms with Crippen molar-refractivity contribution in [1.29, 1.82) is 0 Å². The molecule has 0 fully saturated rings. The number of ether oxygens (including phenoxy) is 1. The van der Waals surface area contributed by atoms with Gasteiger partial charge in [0.1, 0.15) is 12.3 Å². The summed E-state index contributed by atoms with van der Waals surface area (Å²) in [6.07, 6.45) is 0. The average Bonchev–Trinajstić information content (AvgIpc) is 2.48. The number of benzene rings is 1. The van der Waals surface area contributed by atoms with E-state index in [1.165, 1.54) is 0 Å². The lowest BCUT2D eigenvalue weighted by Gasteiger charge is -2.14. The lowest BCUT2D eigenvalue weighted by Crippen LogP contribution is -3.08. The fourth-order valence-corrected chi connectivity index (χ4v) is 2.06. The van der Waals surface area contributed by atoms with E-state index in [1.54, 1.807) is 0 Å². The Morgan fingerprint density at radius 2 is 1.77 bits per heavy atom. The number of hydrogen-bond donors (Lipinski definition) is 3. The molecule has 6 nitrogen and oxygen atoms in total. The Morgan fingerprint density at radius 1 is 1.09 bits per heavy atom. The van der Waals surface area contributed by atoms with Crippen LogP contribution in [0, 0.1) is 0 Å². The van der Waals surface area contributed by atoms with Gasteiger partial charge in [-0.3, -0.25) is 9.59 Å². The van der Waals surface area contributed by atoms with Crippen molar-refractivity contribution in [2.24, 2.45) is 0 Å². The van der Waals surface area contributed by atoms with Crippen LogP contribution >= 0.6 is 0 Å². The fourth-order valence-electron chi connectivity index (χ4n) is 2.06. The smallest absolute Gasteiger partial charge is 0.275 e. The number of carbonyl (C=O) groups excluding carboxylic acids is 2. The van der Waals surface area contributed by atoms with E-state index in [0.29, 0.717) is 19.7 Å². The highest BCUT2D eigenvalue weighted by molar-refractivity contribution is 5.84. The van der Waals surface area contributed by atoms with Gasteiger partial charge in [0, 0.05) is 12.1 Å². The van der Waals surface area contributed by atoms with E-state index >= 15 is 0 Å². The number of carbonyl (C=O) groups is 2. The Bertz CT molecular complexity index is 474. The van der Waals surface area contributed by atoms with Crippen LogP contribution in [0.15, 0.2) is 24.3 Å². The van der Waals surface area contributed by atoms with E-state index in [4.69, 9.17) is 4.74 Å². The third-order valence-electron chi connectivity index (χ3n) is 3.02. The third-order valence-corrected chi connectivity index (χ3v) is 3.02. The quantitative estimate of drug-likeness (QED) is 0.568. The Kier molecular flexibility index (Phi) is 7.99. The summed E-state index contributed by atoms with van der Waals surface area (Å²) in [7, 11) is 1.95. The minimum atomic E-state index is -0.167. The number of amides is 2. The molecule has 0 saturated heterocycles. The summed E-state index contributed by atoms with van der Waals surface area (Å²) in [4.78, 5) is 24.1. The van der Waals surface area contributed by atoms with Crippen molar-refractivity contribution >= 4 is 11.8 Å². The van der Waals surface area contributed by atoms with Gasteiger partial charge in [-0.1, -0.05) is 0 Å². The van der Waals surface area contributed by atoms with Crippen LogP contribution in [0.4, 0.5) is 0 Å². The molecule has 0 spiro atoms. The molecule has 0 bridgehead atoms. The molecule has 0 heterocycles. The van der Waals surface area contributed by atoms with Crippen LogP contribution < -0.4 is 20.3 Å². The Labute approximate surface area is 131 Å². The monoisotopic (exact) mass is 308 g/mol. The fraction of sp³-hybridized carbons (Fsp3) is 0.500. The summed E-state index contributed by atoms with van der Waals surface area (Å²) in [6, 6.07) is 7.87. The molecule has 0 aromatic heterocycles. The molecule has 1 rings (SSSR count). The largest absolute Gasteiger partial charge is 0.494 e. The van der Waals surface area contributed by atoms with Gasteiger partial charge in [0.05, 0.1) is 20.2 Å². The second kappa shape index (κ2) is 9.78. The van der Waals surface area contributed by atoms with E-state index in [-0.39, 0.29) is 18.4 Å². The van der Waals surface area contributed by atoms with E-state index in [1.807, 2.05) is 45.2 Å². The average molecular weight is 308 g/mol. The number of hydrogen-bond acceptors (Lipinski definition) is 3.